The van der Waals surface area contributed by atoms with Crippen LogP contribution >= 0.6 is 7.82 Å². The summed E-state index contributed by atoms with van der Waals surface area (Å²) < 4.78 is 31.7. The maximum Gasteiger partial charge on any atom is 0.472 e. The van der Waals surface area contributed by atoms with Crippen LogP contribution in [0.1, 0.15) is 117 Å². The molecular formula is C26H50NO10P. The molecule has 12 heteroatoms. The third kappa shape index (κ3) is 22.5. The molecule has 0 rings (SSSR count). The van der Waals surface area contributed by atoms with Crippen molar-refractivity contribution in [2.75, 3.05) is 19.8 Å². The summed E-state index contributed by atoms with van der Waals surface area (Å²) in [6, 6.07) is -1.51. The van der Waals surface area contributed by atoms with Gasteiger partial charge in [-0.15, -0.1) is 0 Å². The van der Waals surface area contributed by atoms with E-state index in [0.29, 0.717) is 12.8 Å². The minimum absolute atomic E-state index is 0.165. The van der Waals surface area contributed by atoms with Crippen molar-refractivity contribution in [3.8, 4) is 0 Å². The quantitative estimate of drug-likeness (QED) is 0.0706. The summed E-state index contributed by atoms with van der Waals surface area (Å²) in [7, 11) is -4.67. The maximum absolute atomic E-state index is 12.3. The van der Waals surface area contributed by atoms with Crippen LogP contribution in [0.5, 0.6) is 0 Å². The Balaban J connectivity index is 4.27. The fourth-order valence-corrected chi connectivity index (χ4v) is 4.35. The summed E-state index contributed by atoms with van der Waals surface area (Å²) in [4.78, 5) is 44.4. The maximum atomic E-state index is 12.3. The predicted molar refractivity (Wildman–Crippen MR) is 143 cm³/mol. The average molecular weight is 568 g/mol. The van der Waals surface area contributed by atoms with Gasteiger partial charge in [-0.25, -0.2) is 4.57 Å². The van der Waals surface area contributed by atoms with E-state index < -0.39 is 51.1 Å². The third-order valence-corrected chi connectivity index (χ3v) is 6.78. The molecule has 0 aromatic heterocycles. The second-order valence-corrected chi connectivity index (χ2v) is 11.0. The van der Waals surface area contributed by atoms with Crippen molar-refractivity contribution in [2.24, 2.45) is 5.73 Å². The van der Waals surface area contributed by atoms with Gasteiger partial charge in [-0.3, -0.25) is 23.4 Å². The number of hydrogen-bond acceptors (Lipinski definition) is 9. The molecule has 0 fully saturated rings. The molecule has 0 amide bonds. The van der Waals surface area contributed by atoms with Crippen LogP contribution in [0.25, 0.3) is 0 Å². The van der Waals surface area contributed by atoms with Gasteiger partial charge in [0.05, 0.1) is 13.2 Å². The smallest absolute Gasteiger partial charge is 0.472 e. The number of ether oxygens (including phenoxy) is 2. The van der Waals surface area contributed by atoms with Crippen LogP contribution < -0.4 is 5.73 Å². The molecule has 3 atom stereocenters. The van der Waals surface area contributed by atoms with E-state index in [1.54, 1.807) is 6.92 Å². The summed E-state index contributed by atoms with van der Waals surface area (Å²) in [6.45, 7) is 2.35. The SMILES string of the molecule is CCCCCCCCCCCCCCCC(=O)OC(COC(=O)CCC)COP(=O)(O)OCC(N)C(=O)O. The Hall–Kier alpha value is -1.52. The lowest BCUT2D eigenvalue weighted by Crippen LogP contribution is -2.34. The second kappa shape index (κ2) is 23.4. The number of carboxylic acids is 1. The number of carbonyl (C=O) groups is 3. The molecule has 0 aromatic carbocycles. The van der Waals surface area contributed by atoms with Crippen LogP contribution in [-0.4, -0.2) is 59.9 Å². The molecule has 0 aliphatic rings. The zero-order valence-corrected chi connectivity index (χ0v) is 24.2. The Labute approximate surface area is 227 Å². The number of phosphoric ester groups is 1. The zero-order chi connectivity index (χ0) is 28.7. The number of unbranched alkanes of at least 4 members (excludes halogenated alkanes) is 12. The van der Waals surface area contributed by atoms with Gasteiger partial charge in [0, 0.05) is 12.8 Å². The first-order valence-electron chi connectivity index (χ1n) is 14.1. The third-order valence-electron chi connectivity index (χ3n) is 5.82. The van der Waals surface area contributed by atoms with Crippen molar-refractivity contribution in [1.82, 2.24) is 0 Å². The molecule has 3 unspecified atom stereocenters. The first-order valence-corrected chi connectivity index (χ1v) is 15.6. The predicted octanol–water partition coefficient (Wildman–Crippen LogP) is 5.27. The lowest BCUT2D eigenvalue weighted by molar-refractivity contribution is -0.161. The van der Waals surface area contributed by atoms with E-state index in [4.69, 9.17) is 24.8 Å². The zero-order valence-electron chi connectivity index (χ0n) is 23.3. The van der Waals surface area contributed by atoms with Gasteiger partial charge in [0.25, 0.3) is 0 Å². The molecule has 0 saturated carbocycles. The Kier molecular flexibility index (Phi) is 22.4. The molecule has 224 valence electrons. The van der Waals surface area contributed by atoms with Gasteiger partial charge in [0.15, 0.2) is 6.10 Å². The van der Waals surface area contributed by atoms with Crippen LogP contribution in [0.2, 0.25) is 0 Å². The summed E-state index contributed by atoms with van der Waals surface area (Å²) in [5.74, 6) is -2.44. The Morgan fingerprint density at radius 3 is 1.71 bits per heavy atom. The number of aliphatic carboxylic acids is 1. The van der Waals surface area contributed by atoms with Crippen molar-refractivity contribution >= 4 is 25.7 Å². The van der Waals surface area contributed by atoms with Crippen LogP contribution in [0, 0.1) is 0 Å². The monoisotopic (exact) mass is 567 g/mol. The van der Waals surface area contributed by atoms with Crippen LogP contribution in [0.15, 0.2) is 0 Å². The van der Waals surface area contributed by atoms with E-state index >= 15 is 0 Å². The summed E-state index contributed by atoms with van der Waals surface area (Å²) in [5.41, 5.74) is 5.24. The van der Waals surface area contributed by atoms with Crippen molar-refractivity contribution in [2.45, 2.75) is 129 Å². The van der Waals surface area contributed by atoms with Crippen LogP contribution in [-0.2, 0) is 37.5 Å². The summed E-state index contributed by atoms with van der Waals surface area (Å²) >= 11 is 0. The molecule has 11 nitrogen and oxygen atoms in total. The van der Waals surface area contributed by atoms with Gasteiger partial charge in [0.2, 0.25) is 0 Å². The van der Waals surface area contributed by atoms with Gasteiger partial charge in [0.1, 0.15) is 12.6 Å². The van der Waals surface area contributed by atoms with Crippen LogP contribution in [0.3, 0.4) is 0 Å². The normalized spacial score (nSPS) is 14.4. The van der Waals surface area contributed by atoms with E-state index in [9.17, 15) is 23.8 Å². The number of phosphoric acid groups is 1. The molecule has 0 spiro atoms. The molecule has 0 saturated heterocycles. The first-order chi connectivity index (χ1) is 18.1. The van der Waals surface area contributed by atoms with Crippen molar-refractivity contribution in [1.29, 1.82) is 0 Å². The van der Waals surface area contributed by atoms with E-state index in [0.717, 1.165) is 19.3 Å². The molecule has 0 aliphatic heterocycles. The van der Waals surface area contributed by atoms with Crippen molar-refractivity contribution < 1.29 is 47.5 Å². The number of rotatable bonds is 26. The largest absolute Gasteiger partial charge is 0.480 e. The number of nitrogens with two attached hydrogens (primary N) is 1. The number of carbonyl (C=O) groups excluding carboxylic acids is 2. The van der Waals surface area contributed by atoms with Gasteiger partial charge >= 0.3 is 25.7 Å². The fourth-order valence-electron chi connectivity index (χ4n) is 3.57. The lowest BCUT2D eigenvalue weighted by Gasteiger charge is -2.20. The molecule has 0 aliphatic carbocycles. The highest BCUT2D eigenvalue weighted by Crippen LogP contribution is 2.43. The van der Waals surface area contributed by atoms with E-state index in [1.807, 2.05) is 0 Å². The molecule has 0 aromatic rings. The van der Waals surface area contributed by atoms with E-state index in [1.165, 1.54) is 57.8 Å². The lowest BCUT2D eigenvalue weighted by atomic mass is 10.0. The summed E-state index contributed by atoms with van der Waals surface area (Å²) in [5, 5.41) is 8.73. The molecule has 0 heterocycles. The average Bonchev–Trinajstić information content (AvgIpc) is 2.87. The highest BCUT2D eigenvalue weighted by Gasteiger charge is 2.28. The molecular weight excluding hydrogens is 517 g/mol. The van der Waals surface area contributed by atoms with E-state index in [-0.39, 0.29) is 19.4 Å². The van der Waals surface area contributed by atoms with Crippen LogP contribution in [0.4, 0.5) is 0 Å². The highest BCUT2D eigenvalue weighted by atomic mass is 31.2. The van der Waals surface area contributed by atoms with E-state index in [2.05, 4.69) is 11.4 Å². The minimum Gasteiger partial charge on any atom is -0.480 e. The van der Waals surface area contributed by atoms with Gasteiger partial charge in [-0.2, -0.15) is 0 Å². The Bertz CT molecular complexity index is 691. The Morgan fingerprint density at radius 1 is 0.711 bits per heavy atom. The number of esters is 2. The Morgan fingerprint density at radius 2 is 1.21 bits per heavy atom. The fraction of sp³-hybridized carbons (Fsp3) is 0.885. The summed E-state index contributed by atoms with van der Waals surface area (Å²) in [6.07, 6.45) is 15.1. The molecule has 38 heavy (non-hydrogen) atoms. The minimum atomic E-state index is -4.67. The van der Waals surface area contributed by atoms with Gasteiger partial charge in [-0.05, 0) is 12.8 Å². The topological polar surface area (TPSA) is 172 Å². The first kappa shape index (κ1) is 36.5. The van der Waals surface area contributed by atoms with Gasteiger partial charge < -0.3 is 25.2 Å². The molecule has 0 bridgehead atoms. The number of hydrogen-bond donors (Lipinski definition) is 3. The molecule has 0 radical (unpaired) electrons. The highest BCUT2D eigenvalue weighted by molar-refractivity contribution is 7.47. The molecule has 4 N–H and O–H groups in total. The standard InChI is InChI=1S/C26H50NO10P/c1-3-5-6-7-8-9-10-11-12-13-14-15-16-18-25(29)37-22(19-34-24(28)17-4-2)20-35-38(32,33)36-21-23(27)26(30)31/h22-23H,3-21,27H2,1-2H3,(H,30,31)(H,32,33). The van der Waals surface area contributed by atoms with Gasteiger partial charge in [-0.1, -0.05) is 90.9 Å². The van der Waals surface area contributed by atoms with Crippen molar-refractivity contribution in [3.63, 3.8) is 0 Å². The number of carboxylic acid groups (broad SMARTS) is 1. The second-order valence-electron chi connectivity index (χ2n) is 9.54. The van der Waals surface area contributed by atoms with Crippen molar-refractivity contribution in [3.05, 3.63) is 0 Å².